The highest BCUT2D eigenvalue weighted by Gasteiger charge is 2.34. The highest BCUT2D eigenvalue weighted by Crippen LogP contribution is 2.37. The van der Waals surface area contributed by atoms with Crippen molar-refractivity contribution in [2.24, 2.45) is 12.8 Å². The average molecular weight is 194 g/mol. The van der Waals surface area contributed by atoms with E-state index in [0.717, 1.165) is 5.69 Å². The summed E-state index contributed by atoms with van der Waals surface area (Å²) >= 11 is 0. The molecular weight excluding hydrogens is 176 g/mol. The molecule has 0 radical (unpaired) electrons. The van der Waals surface area contributed by atoms with E-state index in [1.54, 1.807) is 4.68 Å². The number of hydrogen-bond donors (Lipinski definition) is 1. The highest BCUT2D eigenvalue weighted by atomic mass is 15.4. The van der Waals surface area contributed by atoms with Crippen molar-refractivity contribution in [1.82, 2.24) is 15.0 Å². The van der Waals surface area contributed by atoms with Crippen molar-refractivity contribution in [2.45, 2.75) is 37.5 Å². The summed E-state index contributed by atoms with van der Waals surface area (Å²) in [7, 11) is 1.91. The minimum absolute atomic E-state index is 0.118. The number of hydrogen-bond acceptors (Lipinski definition) is 3. The molecule has 0 aliphatic heterocycles. The Labute approximate surface area is 84.5 Å². The van der Waals surface area contributed by atoms with Crippen molar-refractivity contribution in [3.8, 4) is 0 Å². The van der Waals surface area contributed by atoms with Gasteiger partial charge in [0.1, 0.15) is 0 Å². The van der Waals surface area contributed by atoms with Gasteiger partial charge < -0.3 is 5.73 Å². The molecule has 14 heavy (non-hydrogen) atoms. The minimum atomic E-state index is 0.118. The third-order valence-corrected chi connectivity index (χ3v) is 3.35. The molecule has 0 bridgehead atoms. The number of aromatic nitrogens is 3. The summed E-state index contributed by atoms with van der Waals surface area (Å²) in [6.07, 6.45) is 8.23. The van der Waals surface area contributed by atoms with Gasteiger partial charge in [-0.1, -0.05) is 24.5 Å². The summed E-state index contributed by atoms with van der Waals surface area (Å²) in [5.74, 6) is 0. The molecule has 0 aromatic carbocycles. The fourth-order valence-electron chi connectivity index (χ4n) is 2.38. The Bertz CT molecular complexity index is 299. The van der Waals surface area contributed by atoms with E-state index in [9.17, 15) is 0 Å². The molecule has 1 aromatic rings. The summed E-state index contributed by atoms with van der Waals surface area (Å²) in [6.45, 7) is 0.700. The van der Waals surface area contributed by atoms with Crippen LogP contribution in [-0.4, -0.2) is 21.5 Å². The van der Waals surface area contributed by atoms with E-state index >= 15 is 0 Å². The monoisotopic (exact) mass is 194 g/mol. The maximum Gasteiger partial charge on any atom is 0.0901 e. The van der Waals surface area contributed by atoms with Crippen molar-refractivity contribution in [1.29, 1.82) is 0 Å². The fourth-order valence-corrected chi connectivity index (χ4v) is 2.38. The molecule has 0 saturated heterocycles. The summed E-state index contributed by atoms with van der Waals surface area (Å²) < 4.78 is 1.77. The Morgan fingerprint density at radius 1 is 1.43 bits per heavy atom. The van der Waals surface area contributed by atoms with Crippen LogP contribution in [0.25, 0.3) is 0 Å². The normalized spacial score (nSPS) is 21.0. The van der Waals surface area contributed by atoms with Gasteiger partial charge in [-0.05, 0) is 12.8 Å². The van der Waals surface area contributed by atoms with E-state index in [1.807, 2.05) is 13.2 Å². The van der Waals surface area contributed by atoms with Crippen molar-refractivity contribution < 1.29 is 0 Å². The first-order chi connectivity index (χ1) is 6.77. The molecule has 1 fully saturated rings. The zero-order valence-electron chi connectivity index (χ0n) is 8.74. The van der Waals surface area contributed by atoms with Crippen molar-refractivity contribution in [3.63, 3.8) is 0 Å². The van der Waals surface area contributed by atoms with Gasteiger partial charge in [-0.15, -0.1) is 5.10 Å². The van der Waals surface area contributed by atoms with E-state index in [0.29, 0.717) is 6.54 Å². The summed E-state index contributed by atoms with van der Waals surface area (Å²) in [5, 5.41) is 8.21. The zero-order chi connectivity index (χ0) is 10.0. The van der Waals surface area contributed by atoms with Gasteiger partial charge in [-0.25, -0.2) is 0 Å². The lowest BCUT2D eigenvalue weighted by Gasteiger charge is -2.34. The second-order valence-electron chi connectivity index (χ2n) is 4.32. The molecule has 1 saturated carbocycles. The third kappa shape index (κ3) is 1.54. The zero-order valence-corrected chi connectivity index (χ0v) is 8.74. The lowest BCUT2D eigenvalue weighted by molar-refractivity contribution is 0.293. The van der Waals surface area contributed by atoms with Gasteiger partial charge in [0, 0.05) is 25.2 Å². The first-order valence-electron chi connectivity index (χ1n) is 5.34. The molecule has 1 heterocycles. The number of aryl methyl sites for hydroxylation is 1. The van der Waals surface area contributed by atoms with Crippen LogP contribution in [0.1, 0.15) is 37.8 Å². The first kappa shape index (κ1) is 9.65. The van der Waals surface area contributed by atoms with Crippen LogP contribution in [0.4, 0.5) is 0 Å². The minimum Gasteiger partial charge on any atom is -0.330 e. The second-order valence-corrected chi connectivity index (χ2v) is 4.32. The lowest BCUT2D eigenvalue weighted by atomic mass is 9.72. The molecule has 0 spiro atoms. The summed E-state index contributed by atoms with van der Waals surface area (Å²) in [6, 6.07) is 0. The first-order valence-corrected chi connectivity index (χ1v) is 5.34. The van der Waals surface area contributed by atoms with Crippen LogP contribution < -0.4 is 5.73 Å². The van der Waals surface area contributed by atoms with Crippen molar-refractivity contribution in [2.75, 3.05) is 6.54 Å². The largest absolute Gasteiger partial charge is 0.330 e. The number of nitrogens with zero attached hydrogens (tertiary/aromatic N) is 3. The third-order valence-electron chi connectivity index (χ3n) is 3.35. The van der Waals surface area contributed by atoms with E-state index in [1.165, 1.54) is 32.1 Å². The maximum absolute atomic E-state index is 5.90. The van der Waals surface area contributed by atoms with Crippen molar-refractivity contribution >= 4 is 0 Å². The van der Waals surface area contributed by atoms with Gasteiger partial charge in [-0.3, -0.25) is 4.68 Å². The van der Waals surface area contributed by atoms with Gasteiger partial charge in [-0.2, -0.15) is 0 Å². The quantitative estimate of drug-likeness (QED) is 0.763. The van der Waals surface area contributed by atoms with Crippen LogP contribution in [0.5, 0.6) is 0 Å². The van der Waals surface area contributed by atoms with Crippen molar-refractivity contribution in [3.05, 3.63) is 11.9 Å². The fraction of sp³-hybridized carbons (Fsp3) is 0.800. The van der Waals surface area contributed by atoms with E-state index in [2.05, 4.69) is 10.3 Å². The van der Waals surface area contributed by atoms with Gasteiger partial charge in [0.2, 0.25) is 0 Å². The van der Waals surface area contributed by atoms with Crippen LogP contribution in [0.2, 0.25) is 0 Å². The molecule has 2 N–H and O–H groups in total. The molecule has 1 aromatic heterocycles. The predicted molar refractivity (Wildman–Crippen MR) is 54.8 cm³/mol. The van der Waals surface area contributed by atoms with Crippen LogP contribution in [0.3, 0.4) is 0 Å². The molecule has 78 valence electrons. The molecule has 1 aliphatic carbocycles. The Hall–Kier alpha value is -0.900. The molecule has 4 heteroatoms. The van der Waals surface area contributed by atoms with Crippen LogP contribution in [0, 0.1) is 0 Å². The Balaban J connectivity index is 2.26. The van der Waals surface area contributed by atoms with E-state index in [4.69, 9.17) is 5.73 Å². The smallest absolute Gasteiger partial charge is 0.0901 e. The molecule has 0 atom stereocenters. The topological polar surface area (TPSA) is 56.7 Å². The highest BCUT2D eigenvalue weighted by molar-refractivity contribution is 5.14. The van der Waals surface area contributed by atoms with E-state index < -0.39 is 0 Å². The molecule has 0 unspecified atom stereocenters. The van der Waals surface area contributed by atoms with E-state index in [-0.39, 0.29) is 5.41 Å². The van der Waals surface area contributed by atoms with Crippen LogP contribution in [-0.2, 0) is 12.5 Å². The Kier molecular flexibility index (Phi) is 2.54. The second kappa shape index (κ2) is 3.69. The lowest BCUT2D eigenvalue weighted by Crippen LogP contribution is -2.37. The molecule has 0 amide bonds. The predicted octanol–water partition coefficient (Wildman–Crippen LogP) is 0.976. The molecule has 2 rings (SSSR count). The number of rotatable bonds is 2. The number of nitrogens with two attached hydrogens (primary N) is 1. The van der Waals surface area contributed by atoms with Gasteiger partial charge in [0.25, 0.3) is 0 Å². The maximum atomic E-state index is 5.90. The van der Waals surface area contributed by atoms with Gasteiger partial charge in [0.05, 0.1) is 5.69 Å². The summed E-state index contributed by atoms with van der Waals surface area (Å²) in [4.78, 5) is 0. The molecular formula is C10H18N4. The standard InChI is InChI=1S/C10H18N4/c1-14-7-9(12-13-14)10(8-11)5-3-2-4-6-10/h7H,2-6,8,11H2,1H3. The van der Waals surface area contributed by atoms with Crippen LogP contribution >= 0.6 is 0 Å². The summed E-state index contributed by atoms with van der Waals surface area (Å²) in [5.41, 5.74) is 7.11. The molecule has 1 aliphatic rings. The van der Waals surface area contributed by atoms with Gasteiger partial charge >= 0.3 is 0 Å². The Morgan fingerprint density at radius 2 is 2.14 bits per heavy atom. The Morgan fingerprint density at radius 3 is 2.64 bits per heavy atom. The van der Waals surface area contributed by atoms with Gasteiger partial charge in [0.15, 0.2) is 0 Å². The SMILES string of the molecule is Cn1cc(C2(CN)CCCCC2)nn1. The average Bonchev–Trinajstić information content (AvgIpc) is 2.66. The van der Waals surface area contributed by atoms with Crippen LogP contribution in [0.15, 0.2) is 6.20 Å². The molecule has 4 nitrogen and oxygen atoms in total.